The van der Waals surface area contributed by atoms with Crippen molar-refractivity contribution in [3.63, 3.8) is 0 Å². The van der Waals surface area contributed by atoms with Crippen LogP contribution in [0.2, 0.25) is 0 Å². The molecule has 1 amide bonds. The first kappa shape index (κ1) is 22.8. The molecule has 1 atom stereocenters. The van der Waals surface area contributed by atoms with Crippen molar-refractivity contribution < 1.29 is 35.0 Å². The molecule has 0 aliphatic rings. The number of H-pyrrole nitrogens is 1. The smallest absolute Gasteiger partial charge is 0.280 e. The van der Waals surface area contributed by atoms with Gasteiger partial charge < -0.3 is 5.73 Å². The Morgan fingerprint density at radius 1 is 1.19 bits per heavy atom. The van der Waals surface area contributed by atoms with Gasteiger partial charge in [0.05, 0.1) is 11.9 Å². The molecule has 0 saturated carbocycles. The van der Waals surface area contributed by atoms with E-state index in [1.54, 1.807) is 12.1 Å². The molecule has 6 N–H and O–H groups in total. The number of aromatic nitrogens is 4. The largest absolute Gasteiger partial charge is 0.291 e. The van der Waals surface area contributed by atoms with Gasteiger partial charge in [0.1, 0.15) is 0 Å². The number of hydrogen-bond donors (Lipinski definition) is 5. The van der Waals surface area contributed by atoms with Gasteiger partial charge in [-0.15, -0.1) is 0 Å². The fourth-order valence-electron chi connectivity index (χ4n) is 2.74. The van der Waals surface area contributed by atoms with Gasteiger partial charge in [-0.25, -0.2) is 9.97 Å². The van der Waals surface area contributed by atoms with Crippen LogP contribution in [0.4, 0.5) is 11.6 Å². The summed E-state index contributed by atoms with van der Waals surface area (Å²) in [6.45, 7) is 0.246. The molecule has 2 aromatic heterocycles. The van der Waals surface area contributed by atoms with E-state index in [1.165, 1.54) is 18.3 Å². The van der Waals surface area contributed by atoms with E-state index >= 15 is 0 Å². The van der Waals surface area contributed by atoms with Crippen molar-refractivity contribution in [2.75, 3.05) is 11.1 Å². The number of benzene rings is 1. The van der Waals surface area contributed by atoms with E-state index in [4.69, 9.17) is 5.73 Å². The molecule has 0 spiro atoms. The summed E-state index contributed by atoms with van der Waals surface area (Å²) in [6.07, 6.45) is 1.29. The first-order chi connectivity index (χ1) is 15.2. The molecule has 13 heteroatoms. The summed E-state index contributed by atoms with van der Waals surface area (Å²) in [4.78, 5) is 61.0. The average molecular weight is 483 g/mol. The van der Waals surface area contributed by atoms with Crippen LogP contribution in [0.1, 0.15) is 28.9 Å². The van der Waals surface area contributed by atoms with Crippen molar-refractivity contribution in [2.24, 2.45) is 0 Å². The van der Waals surface area contributed by atoms with Crippen LogP contribution in [0.15, 0.2) is 35.3 Å². The van der Waals surface area contributed by atoms with E-state index < -0.39 is 28.2 Å². The Hall–Kier alpha value is -3.86. The minimum Gasteiger partial charge on any atom is -0.291 e. The number of aliphatic carboxylic acids is 1. The fraction of sp³-hybridized carbons (Fsp3) is 0.211. The van der Waals surface area contributed by atoms with E-state index in [2.05, 4.69) is 46.0 Å². The number of nitrogens with one attached hydrogen (secondary N) is 3. The molecule has 12 nitrogen and oxygen atoms in total. The van der Waals surface area contributed by atoms with Gasteiger partial charge in [-0.1, -0.05) is 0 Å². The molecule has 0 unspecified atom stereocenters. The molecule has 0 aliphatic carbocycles. The average Bonchev–Trinajstić information content (AvgIpc) is 2.75. The number of anilines is 2. The van der Waals surface area contributed by atoms with Gasteiger partial charge in [0.15, 0.2) is 11.2 Å². The van der Waals surface area contributed by atoms with E-state index in [0.29, 0.717) is 11.4 Å². The number of nitrogens with two attached hydrogens (primary N) is 1. The summed E-state index contributed by atoms with van der Waals surface area (Å²) in [6, 6.07) is 5.07. The van der Waals surface area contributed by atoms with Crippen LogP contribution in [-0.4, -0.2) is 47.7 Å². The van der Waals surface area contributed by atoms with Crippen LogP contribution in [-0.2, 0) is 31.6 Å². The molecule has 0 saturated heterocycles. The van der Waals surface area contributed by atoms with E-state index in [9.17, 15) is 24.3 Å². The first-order valence-corrected chi connectivity index (χ1v) is 9.76. The van der Waals surface area contributed by atoms with Gasteiger partial charge in [-0.05, 0) is 0 Å². The Bertz CT molecular complexity index is 1230. The number of carbonyl (C=O) groups excluding carboxylic acids is 2. The second-order valence-electron chi connectivity index (χ2n) is 6.64. The van der Waals surface area contributed by atoms with Crippen LogP contribution in [0, 0.1) is 0 Å². The van der Waals surface area contributed by atoms with Crippen molar-refractivity contribution >= 4 is 39.4 Å². The Balaban J connectivity index is 1.62. The van der Waals surface area contributed by atoms with Crippen molar-refractivity contribution in [2.45, 2.75) is 25.4 Å². The quantitative estimate of drug-likeness (QED) is 0.258. The number of fused-ring (bicyclic) bond motifs is 1. The topological polar surface area (TPSA) is 193 Å². The maximum atomic E-state index is 12.3. The Morgan fingerprint density at radius 2 is 1.91 bits per heavy atom. The number of nitrogens with zero attached hydrogens (tertiary/aromatic N) is 3. The number of hydrogen-bond acceptors (Lipinski definition) is 9. The second kappa shape index (κ2) is 9.97. The van der Waals surface area contributed by atoms with Gasteiger partial charge in [0.25, 0.3) is 5.56 Å². The molecule has 3 rings (SSSR count). The monoisotopic (exact) mass is 482 g/mol. The Morgan fingerprint density at radius 3 is 2.56 bits per heavy atom. The molecule has 2 heterocycles. The molecule has 32 heavy (non-hydrogen) atoms. The van der Waals surface area contributed by atoms with Crippen molar-refractivity contribution in [1.82, 2.24) is 25.3 Å². The number of rotatable bonds is 9. The molecule has 0 aliphatic heterocycles. The third-order valence-corrected chi connectivity index (χ3v) is 4.57. The van der Waals surface area contributed by atoms with Gasteiger partial charge in [0.2, 0.25) is 5.95 Å². The Kier molecular flexibility index (Phi) is 7.11. The predicted molar refractivity (Wildman–Crippen MR) is 109 cm³/mol. The normalized spacial score (nSPS) is 11.7. The predicted octanol–water partition coefficient (Wildman–Crippen LogP) is -0.0560. The first-order valence-electron chi connectivity index (χ1n) is 9.27. The molecule has 1 aromatic carbocycles. The molecule has 0 fully saturated rings. The van der Waals surface area contributed by atoms with Crippen molar-refractivity contribution in [3.05, 3.63) is 52.1 Å². The number of nitrogen functional groups attached to an aromatic ring is 1. The molecule has 0 bridgehead atoms. The van der Waals surface area contributed by atoms with Crippen LogP contribution < -0.4 is 21.9 Å². The standard InChI is InChI=1S/C19H18N7O5.Ni/c20-19-25-15-14(17(29)26-19)23-12(9-22-15)8-21-11-5-3-10(4-6-11)16(28)24-13(18(30)31)2-1-7-27;/h3-6,9,13,21H,1-2,8H2,(H,24,28)(H,30,31)(H3,20,22,25,26,29);/t13-;/m0./s1. The van der Waals surface area contributed by atoms with Crippen LogP contribution >= 0.6 is 0 Å². The fourth-order valence-corrected chi connectivity index (χ4v) is 2.88. The summed E-state index contributed by atoms with van der Waals surface area (Å²) in [5.41, 5.74) is 6.58. The summed E-state index contributed by atoms with van der Waals surface area (Å²) in [7, 11) is 0. The molecule has 169 valence electrons. The Labute approximate surface area is 188 Å². The van der Waals surface area contributed by atoms with Crippen LogP contribution in [0.3, 0.4) is 0 Å². The minimum absolute atomic E-state index is 0.0455. The molecule has 0 radical (unpaired) electrons. The number of carboxylic acids is 1. The number of carboxylic acid groups (broad SMARTS) is 1. The van der Waals surface area contributed by atoms with E-state index in [0.717, 1.165) is 0 Å². The van der Waals surface area contributed by atoms with E-state index in [1.807, 2.05) is 0 Å². The zero-order valence-electron chi connectivity index (χ0n) is 16.4. The number of aromatic amines is 1. The summed E-state index contributed by atoms with van der Waals surface area (Å²) < 4.78 is -0.526. The zero-order valence-corrected chi connectivity index (χ0v) is 17.4. The van der Waals surface area contributed by atoms with Gasteiger partial charge in [-0.2, -0.15) is 4.98 Å². The van der Waals surface area contributed by atoms with Crippen LogP contribution in [0.5, 0.6) is 0 Å². The summed E-state index contributed by atoms with van der Waals surface area (Å²) in [5.74, 6) is -1.88. The third-order valence-electron chi connectivity index (χ3n) is 4.32. The van der Waals surface area contributed by atoms with Gasteiger partial charge in [0, 0.05) is 0 Å². The van der Waals surface area contributed by atoms with Crippen molar-refractivity contribution in [3.8, 4) is 0 Å². The van der Waals surface area contributed by atoms with E-state index in [-0.39, 0.29) is 42.1 Å². The number of carbonyl (C=O) groups is 3. The maximum absolute atomic E-state index is 12.3. The van der Waals surface area contributed by atoms with Crippen LogP contribution in [0.25, 0.3) is 11.2 Å². The third kappa shape index (κ3) is 5.85. The summed E-state index contributed by atoms with van der Waals surface area (Å²) >= 11 is 4.11. The molecule has 3 aromatic rings. The van der Waals surface area contributed by atoms with Gasteiger partial charge >= 0.3 is 123 Å². The SMILES string of the molecule is Nc1nc2ncc(CNc3ccc(C(=O)N[C@@H](CC[C](=O)[Ni])C(=O)O)cc3)nc2c(=O)[nH]1. The van der Waals surface area contributed by atoms with Gasteiger partial charge in [-0.3, -0.25) is 9.78 Å². The zero-order chi connectivity index (χ0) is 23.3. The number of amides is 1. The maximum Gasteiger partial charge on any atom is 0.280 e. The van der Waals surface area contributed by atoms with Crippen molar-refractivity contribution in [1.29, 1.82) is 0 Å². The summed E-state index contributed by atoms with van der Waals surface area (Å²) in [5, 5.41) is 14.6. The molecular formula is C19H18N7NiO5. The minimum atomic E-state index is -1.24. The second-order valence-corrected chi connectivity index (χ2v) is 7.19. The molecular weight excluding hydrogens is 465 g/mol.